The van der Waals surface area contributed by atoms with Crippen LogP contribution in [-0.4, -0.2) is 54.1 Å². The Labute approximate surface area is 163 Å². The lowest BCUT2D eigenvalue weighted by Crippen LogP contribution is -2.51. The predicted molar refractivity (Wildman–Crippen MR) is 99.9 cm³/mol. The van der Waals surface area contributed by atoms with Crippen molar-refractivity contribution < 1.29 is 18.0 Å². The average Bonchev–Trinajstić information content (AvgIpc) is 3.52. The highest BCUT2D eigenvalue weighted by molar-refractivity contribution is 5.79. The molecule has 0 bridgehead atoms. The maximum absolute atomic E-state index is 12.9. The summed E-state index contributed by atoms with van der Waals surface area (Å²) < 4.78 is 38.8. The number of halogens is 3. The maximum atomic E-state index is 12.9. The van der Waals surface area contributed by atoms with Gasteiger partial charge >= 0.3 is 6.18 Å². The summed E-state index contributed by atoms with van der Waals surface area (Å²) in [5.74, 6) is 0.656. The van der Waals surface area contributed by atoms with Crippen LogP contribution in [0.1, 0.15) is 44.1 Å². The number of pyridine rings is 1. The van der Waals surface area contributed by atoms with Crippen molar-refractivity contribution in [2.75, 3.05) is 31.1 Å². The van der Waals surface area contributed by atoms with Crippen molar-refractivity contribution in [2.24, 2.45) is 5.92 Å². The monoisotopic (exact) mass is 396 g/mol. The van der Waals surface area contributed by atoms with E-state index in [2.05, 4.69) is 15.2 Å². The number of aromatic nitrogens is 1. The van der Waals surface area contributed by atoms with Gasteiger partial charge in [-0.15, -0.1) is 0 Å². The van der Waals surface area contributed by atoms with E-state index >= 15 is 0 Å². The summed E-state index contributed by atoms with van der Waals surface area (Å²) in [4.78, 5) is 20.9. The first-order valence-electron chi connectivity index (χ1n) is 10.2. The number of likely N-dealkylation sites (tertiary alicyclic amines) is 1. The van der Waals surface area contributed by atoms with Crippen LogP contribution in [0.15, 0.2) is 18.3 Å². The zero-order valence-corrected chi connectivity index (χ0v) is 15.9. The van der Waals surface area contributed by atoms with Gasteiger partial charge in [0.1, 0.15) is 5.82 Å². The van der Waals surface area contributed by atoms with Gasteiger partial charge in [0, 0.05) is 37.9 Å². The van der Waals surface area contributed by atoms with E-state index in [4.69, 9.17) is 0 Å². The number of hydrogen-bond acceptors (Lipinski definition) is 4. The second-order valence-electron chi connectivity index (χ2n) is 8.24. The number of nitrogens with one attached hydrogen (secondary N) is 1. The Hall–Kier alpha value is -1.83. The van der Waals surface area contributed by atoms with Gasteiger partial charge in [-0.2, -0.15) is 13.2 Å². The molecule has 1 saturated carbocycles. The molecular weight excluding hydrogens is 369 g/mol. The molecule has 2 aliphatic heterocycles. The third-order valence-corrected chi connectivity index (χ3v) is 6.13. The van der Waals surface area contributed by atoms with Gasteiger partial charge in [-0.05, 0) is 57.2 Å². The van der Waals surface area contributed by atoms with Gasteiger partial charge in [0.05, 0.1) is 11.5 Å². The van der Waals surface area contributed by atoms with Crippen LogP contribution < -0.4 is 10.2 Å². The number of nitrogens with zero attached hydrogens (tertiary/aromatic N) is 3. The predicted octanol–water partition coefficient (Wildman–Crippen LogP) is 3.06. The zero-order chi connectivity index (χ0) is 19.7. The molecular formula is C20H27F3N4O. The summed E-state index contributed by atoms with van der Waals surface area (Å²) >= 11 is 0. The quantitative estimate of drug-likeness (QED) is 0.850. The van der Waals surface area contributed by atoms with Crippen LogP contribution in [0.5, 0.6) is 0 Å². The van der Waals surface area contributed by atoms with E-state index < -0.39 is 11.7 Å². The normalized spacial score (nSPS) is 25.0. The summed E-state index contributed by atoms with van der Waals surface area (Å²) in [6.45, 7) is 3.17. The molecule has 4 rings (SSSR count). The Bertz CT molecular complexity index is 699. The van der Waals surface area contributed by atoms with Crippen molar-refractivity contribution in [3.63, 3.8) is 0 Å². The topological polar surface area (TPSA) is 48.5 Å². The molecule has 1 aliphatic carbocycles. The molecule has 2 saturated heterocycles. The molecule has 3 fully saturated rings. The highest BCUT2D eigenvalue weighted by atomic mass is 19.4. The summed E-state index contributed by atoms with van der Waals surface area (Å²) in [6, 6.07) is 2.93. The number of amides is 1. The fraction of sp³-hybridized carbons (Fsp3) is 0.700. The van der Waals surface area contributed by atoms with Crippen molar-refractivity contribution in [2.45, 2.75) is 56.8 Å². The van der Waals surface area contributed by atoms with E-state index in [1.54, 1.807) is 0 Å². The van der Waals surface area contributed by atoms with Crippen LogP contribution in [0.25, 0.3) is 0 Å². The number of piperidine rings is 2. The molecule has 1 atom stereocenters. The van der Waals surface area contributed by atoms with Crippen LogP contribution in [0.4, 0.5) is 19.0 Å². The van der Waals surface area contributed by atoms with Crippen LogP contribution >= 0.6 is 0 Å². The van der Waals surface area contributed by atoms with Gasteiger partial charge in [-0.3, -0.25) is 9.69 Å². The third-order valence-electron chi connectivity index (χ3n) is 6.13. The van der Waals surface area contributed by atoms with E-state index in [1.807, 2.05) is 4.90 Å². The molecule has 3 aliphatic rings. The van der Waals surface area contributed by atoms with Crippen molar-refractivity contribution in [1.29, 1.82) is 0 Å². The minimum absolute atomic E-state index is 0.0671. The SMILES string of the molecule is O=C(NC1CC1)[C@@H]1CCCN(C2CCN(c3cc(C(F)(F)F)ccn3)CC2)C1. The zero-order valence-electron chi connectivity index (χ0n) is 15.9. The van der Waals surface area contributed by atoms with Gasteiger partial charge in [0.15, 0.2) is 0 Å². The largest absolute Gasteiger partial charge is 0.416 e. The molecule has 1 aromatic heterocycles. The van der Waals surface area contributed by atoms with Crippen molar-refractivity contribution in [3.05, 3.63) is 23.9 Å². The first-order valence-corrected chi connectivity index (χ1v) is 10.2. The molecule has 8 heteroatoms. The molecule has 3 heterocycles. The lowest BCUT2D eigenvalue weighted by atomic mass is 9.93. The summed E-state index contributed by atoms with van der Waals surface area (Å²) in [6.07, 6.45) is 2.83. The number of carbonyl (C=O) groups excluding carboxylic acids is 1. The van der Waals surface area contributed by atoms with Crippen LogP contribution in [0.3, 0.4) is 0 Å². The molecule has 5 nitrogen and oxygen atoms in total. The first kappa shape index (κ1) is 19.5. The molecule has 1 N–H and O–H groups in total. The molecule has 1 aromatic rings. The standard InChI is InChI=1S/C20H27F3N4O/c21-20(22,23)15-5-8-24-18(12-15)26-10-6-17(7-11-26)27-9-1-2-14(13-27)19(28)25-16-3-4-16/h5,8,12,14,16-17H,1-4,6-7,9-11,13H2,(H,25,28)/t14-/m1/s1. The Kier molecular flexibility index (Phi) is 5.49. The first-order chi connectivity index (χ1) is 13.4. The Morgan fingerprint density at radius 2 is 1.86 bits per heavy atom. The fourth-order valence-corrected chi connectivity index (χ4v) is 4.33. The minimum atomic E-state index is -4.35. The average molecular weight is 396 g/mol. The number of rotatable bonds is 4. The van der Waals surface area contributed by atoms with Crippen molar-refractivity contribution in [1.82, 2.24) is 15.2 Å². The highest BCUT2D eigenvalue weighted by Crippen LogP contribution is 2.32. The van der Waals surface area contributed by atoms with Crippen LogP contribution in [-0.2, 0) is 11.0 Å². The summed E-state index contributed by atoms with van der Waals surface area (Å²) in [5, 5.41) is 3.12. The van der Waals surface area contributed by atoms with Gasteiger partial charge in [-0.25, -0.2) is 4.98 Å². The Morgan fingerprint density at radius 1 is 1.11 bits per heavy atom. The van der Waals surface area contributed by atoms with Crippen LogP contribution in [0.2, 0.25) is 0 Å². The third kappa shape index (κ3) is 4.59. The van der Waals surface area contributed by atoms with Gasteiger partial charge in [0.25, 0.3) is 0 Å². The van der Waals surface area contributed by atoms with Crippen LogP contribution in [0, 0.1) is 5.92 Å². The molecule has 154 valence electrons. The van der Waals surface area contributed by atoms with Gasteiger partial charge in [-0.1, -0.05) is 0 Å². The lowest BCUT2D eigenvalue weighted by molar-refractivity contribution is -0.137. The Morgan fingerprint density at radius 3 is 2.54 bits per heavy atom. The molecule has 1 amide bonds. The second-order valence-corrected chi connectivity index (χ2v) is 8.24. The fourth-order valence-electron chi connectivity index (χ4n) is 4.33. The number of carbonyl (C=O) groups is 1. The van der Waals surface area contributed by atoms with Gasteiger partial charge < -0.3 is 10.2 Å². The smallest absolute Gasteiger partial charge is 0.356 e. The highest BCUT2D eigenvalue weighted by Gasteiger charge is 2.35. The maximum Gasteiger partial charge on any atom is 0.416 e. The van der Waals surface area contributed by atoms with E-state index in [1.165, 1.54) is 6.20 Å². The van der Waals surface area contributed by atoms with Gasteiger partial charge in [0.2, 0.25) is 5.91 Å². The Balaban J connectivity index is 1.32. The van der Waals surface area contributed by atoms with Crippen molar-refractivity contribution in [3.8, 4) is 0 Å². The van der Waals surface area contributed by atoms with E-state index in [9.17, 15) is 18.0 Å². The summed E-state index contributed by atoms with van der Waals surface area (Å²) in [7, 11) is 0. The van der Waals surface area contributed by atoms with Crippen molar-refractivity contribution >= 4 is 11.7 Å². The minimum Gasteiger partial charge on any atom is -0.356 e. The van der Waals surface area contributed by atoms with E-state index in [-0.39, 0.29) is 11.8 Å². The molecule has 0 unspecified atom stereocenters. The molecule has 0 aromatic carbocycles. The second kappa shape index (κ2) is 7.89. The molecule has 28 heavy (non-hydrogen) atoms. The molecule has 0 radical (unpaired) electrons. The van der Waals surface area contributed by atoms with E-state index in [0.29, 0.717) is 31.0 Å². The number of hydrogen-bond donors (Lipinski definition) is 1. The molecule has 0 spiro atoms. The number of alkyl halides is 3. The van der Waals surface area contributed by atoms with E-state index in [0.717, 1.165) is 63.7 Å². The summed E-state index contributed by atoms with van der Waals surface area (Å²) in [5.41, 5.74) is -0.653. The lowest BCUT2D eigenvalue weighted by Gasteiger charge is -2.42. The number of anilines is 1.